The Labute approximate surface area is 165 Å². The number of anilines is 2. The Morgan fingerprint density at radius 3 is 2.11 bits per heavy atom. The molecule has 0 spiro atoms. The third kappa shape index (κ3) is 3.50. The number of ether oxygens (including phenoxy) is 2. The van der Waals surface area contributed by atoms with Gasteiger partial charge < -0.3 is 23.8 Å². The molecule has 6 heteroatoms. The Bertz CT molecular complexity index is 928. The molecule has 0 bridgehead atoms. The van der Waals surface area contributed by atoms with Gasteiger partial charge in [0.2, 0.25) is 0 Å². The fourth-order valence-electron chi connectivity index (χ4n) is 3.72. The smallest absolute Gasteiger partial charge is 0.184 e. The van der Waals surface area contributed by atoms with Gasteiger partial charge in [-0.25, -0.2) is 4.98 Å². The van der Waals surface area contributed by atoms with Crippen molar-refractivity contribution in [2.45, 2.75) is 6.92 Å². The molecule has 2 heterocycles. The summed E-state index contributed by atoms with van der Waals surface area (Å²) < 4.78 is 13.1. The fourth-order valence-corrected chi connectivity index (χ4v) is 3.72. The number of para-hydroxylation sites is 1. The van der Waals surface area contributed by atoms with Crippen molar-refractivity contribution in [3.8, 4) is 17.2 Å². The Kier molecular flexibility index (Phi) is 5.10. The molecule has 6 nitrogen and oxygen atoms in total. The first-order valence-electron chi connectivity index (χ1n) is 9.51. The maximum Gasteiger partial charge on any atom is 0.184 e. The molecule has 4 rings (SSSR count). The van der Waals surface area contributed by atoms with Gasteiger partial charge in [-0.15, -0.1) is 0 Å². The monoisotopic (exact) mass is 378 g/mol. The minimum Gasteiger partial charge on any atom is -0.493 e. The number of aryl methyl sites for hydroxylation is 1. The average Bonchev–Trinajstić information content (AvgIpc) is 3.19. The molecular weight excluding hydrogens is 352 g/mol. The molecule has 0 saturated carbocycles. The highest BCUT2D eigenvalue weighted by Gasteiger charge is 2.21. The summed E-state index contributed by atoms with van der Waals surface area (Å²) in [6.07, 6.45) is 3.89. The molecule has 0 aliphatic carbocycles. The molecule has 1 saturated heterocycles. The number of aromatic nitrogens is 2. The van der Waals surface area contributed by atoms with Crippen LogP contribution < -0.4 is 19.3 Å². The number of methoxy groups -OCH3 is 2. The number of piperazine rings is 1. The van der Waals surface area contributed by atoms with Gasteiger partial charge in [0.25, 0.3) is 0 Å². The second kappa shape index (κ2) is 7.84. The quantitative estimate of drug-likeness (QED) is 0.680. The van der Waals surface area contributed by atoms with Crippen molar-refractivity contribution in [1.82, 2.24) is 9.55 Å². The van der Waals surface area contributed by atoms with Crippen LogP contribution in [-0.4, -0.2) is 49.9 Å². The zero-order valence-corrected chi connectivity index (χ0v) is 16.6. The van der Waals surface area contributed by atoms with Crippen molar-refractivity contribution in [2.75, 3.05) is 50.2 Å². The molecule has 3 aromatic rings. The van der Waals surface area contributed by atoms with Crippen LogP contribution in [-0.2, 0) is 0 Å². The zero-order chi connectivity index (χ0) is 19.5. The summed E-state index contributed by atoms with van der Waals surface area (Å²) in [5.74, 6) is 1.58. The van der Waals surface area contributed by atoms with Gasteiger partial charge in [-0.05, 0) is 43.3 Å². The fraction of sp³-hybridized carbons (Fsp3) is 0.318. The summed E-state index contributed by atoms with van der Waals surface area (Å²) in [4.78, 5) is 9.08. The SMILES string of the molecule is COc1cccc(N2CCN(c3ccc(-n4cnc(C)c4)cc3)CC2)c1OC. The molecule has 1 aliphatic rings. The van der Waals surface area contributed by atoms with Crippen LogP contribution in [0.4, 0.5) is 11.4 Å². The van der Waals surface area contributed by atoms with Crippen molar-refractivity contribution in [3.63, 3.8) is 0 Å². The van der Waals surface area contributed by atoms with Gasteiger partial charge >= 0.3 is 0 Å². The molecule has 0 atom stereocenters. The summed E-state index contributed by atoms with van der Waals surface area (Å²) >= 11 is 0. The topological polar surface area (TPSA) is 42.8 Å². The molecule has 28 heavy (non-hydrogen) atoms. The summed E-state index contributed by atoms with van der Waals surface area (Å²) in [7, 11) is 3.37. The summed E-state index contributed by atoms with van der Waals surface area (Å²) in [5, 5.41) is 0. The molecular formula is C22H26N4O2. The summed E-state index contributed by atoms with van der Waals surface area (Å²) in [5.41, 5.74) is 4.49. The number of hydrogen-bond acceptors (Lipinski definition) is 5. The van der Waals surface area contributed by atoms with E-state index >= 15 is 0 Å². The Morgan fingerprint density at radius 2 is 1.50 bits per heavy atom. The van der Waals surface area contributed by atoms with Crippen molar-refractivity contribution in [3.05, 3.63) is 60.7 Å². The van der Waals surface area contributed by atoms with Crippen LogP contribution in [0.15, 0.2) is 55.0 Å². The lowest BCUT2D eigenvalue weighted by molar-refractivity contribution is 0.354. The Hall–Kier alpha value is -3.15. The van der Waals surface area contributed by atoms with Gasteiger partial charge in [0, 0.05) is 43.8 Å². The average molecular weight is 378 g/mol. The van der Waals surface area contributed by atoms with Crippen molar-refractivity contribution >= 4 is 11.4 Å². The number of benzene rings is 2. The Morgan fingerprint density at radius 1 is 0.821 bits per heavy atom. The van der Waals surface area contributed by atoms with Crippen molar-refractivity contribution in [1.29, 1.82) is 0 Å². The highest BCUT2D eigenvalue weighted by Crippen LogP contribution is 2.37. The molecule has 1 aliphatic heterocycles. The molecule has 0 radical (unpaired) electrons. The van der Waals surface area contributed by atoms with Crippen LogP contribution in [0, 0.1) is 6.92 Å². The molecule has 0 amide bonds. The second-order valence-corrected chi connectivity index (χ2v) is 6.93. The van der Waals surface area contributed by atoms with Crippen LogP contribution in [0.25, 0.3) is 5.69 Å². The first kappa shape index (κ1) is 18.2. The van der Waals surface area contributed by atoms with E-state index in [9.17, 15) is 0 Å². The van der Waals surface area contributed by atoms with Crippen molar-refractivity contribution < 1.29 is 9.47 Å². The van der Waals surface area contributed by atoms with Crippen molar-refractivity contribution in [2.24, 2.45) is 0 Å². The minimum absolute atomic E-state index is 0.771. The van der Waals surface area contributed by atoms with E-state index in [-0.39, 0.29) is 0 Å². The lowest BCUT2D eigenvalue weighted by atomic mass is 10.2. The Balaban J connectivity index is 1.45. The maximum absolute atomic E-state index is 5.60. The van der Waals surface area contributed by atoms with Crippen LogP contribution in [0.3, 0.4) is 0 Å². The number of hydrogen-bond donors (Lipinski definition) is 0. The highest BCUT2D eigenvalue weighted by atomic mass is 16.5. The second-order valence-electron chi connectivity index (χ2n) is 6.93. The van der Waals surface area contributed by atoms with E-state index < -0.39 is 0 Å². The van der Waals surface area contributed by atoms with Gasteiger partial charge in [-0.1, -0.05) is 6.07 Å². The molecule has 1 aromatic heterocycles. The van der Waals surface area contributed by atoms with Crippen LogP contribution in [0.2, 0.25) is 0 Å². The first-order valence-corrected chi connectivity index (χ1v) is 9.51. The first-order chi connectivity index (χ1) is 13.7. The van der Waals surface area contributed by atoms with E-state index in [0.29, 0.717) is 0 Å². The lowest BCUT2D eigenvalue weighted by Gasteiger charge is -2.38. The third-order valence-corrected chi connectivity index (χ3v) is 5.23. The number of imidazole rings is 1. The molecule has 146 valence electrons. The molecule has 1 fully saturated rings. The summed E-state index contributed by atoms with van der Waals surface area (Å²) in [6, 6.07) is 14.7. The normalized spacial score (nSPS) is 14.2. The molecule has 2 aromatic carbocycles. The van der Waals surface area contributed by atoms with Crippen LogP contribution >= 0.6 is 0 Å². The van der Waals surface area contributed by atoms with Gasteiger partial charge in [0.05, 0.1) is 31.9 Å². The standard InChI is InChI=1S/C22H26N4O2/c1-17-15-26(16-23-17)19-9-7-18(8-10-19)24-11-13-25(14-12-24)20-5-4-6-21(27-2)22(20)28-3/h4-10,15-16H,11-14H2,1-3H3. The van der Waals surface area contributed by atoms with E-state index in [1.807, 2.05) is 36.1 Å². The largest absolute Gasteiger partial charge is 0.493 e. The van der Waals surface area contributed by atoms with E-state index in [4.69, 9.17) is 9.47 Å². The van der Waals surface area contributed by atoms with E-state index in [2.05, 4.69) is 45.1 Å². The summed E-state index contributed by atoms with van der Waals surface area (Å²) in [6.45, 7) is 5.80. The van der Waals surface area contributed by atoms with Gasteiger partial charge in [-0.2, -0.15) is 0 Å². The van der Waals surface area contributed by atoms with Gasteiger partial charge in [0.1, 0.15) is 0 Å². The lowest BCUT2D eigenvalue weighted by Crippen LogP contribution is -2.46. The number of nitrogens with zero attached hydrogens (tertiary/aromatic N) is 4. The highest BCUT2D eigenvalue weighted by molar-refractivity contribution is 5.65. The van der Waals surface area contributed by atoms with E-state index in [1.54, 1.807) is 14.2 Å². The van der Waals surface area contributed by atoms with E-state index in [0.717, 1.165) is 54.7 Å². The predicted molar refractivity (Wildman–Crippen MR) is 112 cm³/mol. The molecule has 0 N–H and O–H groups in total. The number of rotatable bonds is 5. The zero-order valence-electron chi connectivity index (χ0n) is 16.6. The van der Waals surface area contributed by atoms with Gasteiger partial charge in [-0.3, -0.25) is 0 Å². The predicted octanol–water partition coefficient (Wildman–Crippen LogP) is 3.52. The minimum atomic E-state index is 0.771. The van der Waals surface area contributed by atoms with Crippen LogP contribution in [0.1, 0.15) is 5.69 Å². The third-order valence-electron chi connectivity index (χ3n) is 5.23. The van der Waals surface area contributed by atoms with Crippen LogP contribution in [0.5, 0.6) is 11.5 Å². The maximum atomic E-state index is 5.60. The van der Waals surface area contributed by atoms with E-state index in [1.165, 1.54) is 5.69 Å². The molecule has 0 unspecified atom stereocenters. The van der Waals surface area contributed by atoms with Gasteiger partial charge in [0.15, 0.2) is 11.5 Å².